The number of rotatable bonds is 3. The minimum Gasteiger partial charge on any atom is -0.373 e. The molecule has 4 rings (SSSR count). The molecule has 3 aromatic rings. The maximum Gasteiger partial charge on any atom is 0.253 e. The molecular formula is C20H21N3O2. The molecule has 0 spiro atoms. The van der Waals surface area contributed by atoms with Gasteiger partial charge in [-0.05, 0) is 36.6 Å². The highest BCUT2D eigenvalue weighted by molar-refractivity contribution is 5.97. The van der Waals surface area contributed by atoms with E-state index in [0.29, 0.717) is 18.7 Å². The molecule has 0 radical (unpaired) electrons. The molecule has 128 valence electrons. The Kier molecular flexibility index (Phi) is 4.01. The summed E-state index contributed by atoms with van der Waals surface area (Å²) in [6.45, 7) is 1.37. The number of hydrogen-bond donors (Lipinski definition) is 1. The number of nitrogens with one attached hydrogen (secondary N) is 1. The summed E-state index contributed by atoms with van der Waals surface area (Å²) in [6, 6.07) is 15.9. The monoisotopic (exact) mass is 335 g/mol. The average Bonchev–Trinajstić information content (AvgIpc) is 3.16. The number of piperidine rings is 1. The number of fused-ring (bicyclic) bond motifs is 1. The molecule has 0 unspecified atom stereocenters. The molecule has 25 heavy (non-hydrogen) atoms. The predicted molar refractivity (Wildman–Crippen MR) is 96.4 cm³/mol. The van der Waals surface area contributed by atoms with E-state index >= 15 is 0 Å². The first kappa shape index (κ1) is 15.8. The van der Waals surface area contributed by atoms with Gasteiger partial charge in [0.15, 0.2) is 0 Å². The van der Waals surface area contributed by atoms with Crippen LogP contribution in [0.3, 0.4) is 0 Å². The van der Waals surface area contributed by atoms with Crippen molar-refractivity contribution in [3.63, 3.8) is 0 Å². The summed E-state index contributed by atoms with van der Waals surface area (Å²) in [7, 11) is 1.76. The number of carbonyl (C=O) groups excluding carboxylic acids is 1. The third-order valence-corrected chi connectivity index (χ3v) is 5.22. The standard InChI is InChI=1S/C20H21N3O2/c1-25-20(16-5-3-2-4-6-16)9-11-23(12-10-20)19(24)15-7-8-17-18(13-15)22-14-21-17/h2-8,13-14H,9-12H2,1H3,(H,21,22). The molecule has 5 nitrogen and oxygen atoms in total. The van der Waals surface area contributed by atoms with Gasteiger partial charge in [0.25, 0.3) is 5.91 Å². The quantitative estimate of drug-likeness (QED) is 0.798. The Labute approximate surface area is 146 Å². The van der Waals surface area contributed by atoms with Crippen molar-refractivity contribution >= 4 is 16.9 Å². The number of benzene rings is 2. The van der Waals surface area contributed by atoms with Crippen molar-refractivity contribution in [3.05, 3.63) is 66.0 Å². The number of H-pyrrole nitrogens is 1. The molecule has 0 atom stereocenters. The van der Waals surface area contributed by atoms with Crippen LogP contribution in [0.1, 0.15) is 28.8 Å². The summed E-state index contributed by atoms with van der Waals surface area (Å²) >= 11 is 0. The number of aromatic nitrogens is 2. The van der Waals surface area contributed by atoms with Crippen molar-refractivity contribution in [3.8, 4) is 0 Å². The lowest BCUT2D eigenvalue weighted by Gasteiger charge is -2.41. The fourth-order valence-electron chi connectivity index (χ4n) is 3.67. The predicted octanol–water partition coefficient (Wildman–Crippen LogP) is 3.34. The largest absolute Gasteiger partial charge is 0.373 e. The average molecular weight is 335 g/mol. The SMILES string of the molecule is COC1(c2ccccc2)CCN(C(=O)c2ccc3nc[nH]c3c2)CC1. The van der Waals surface area contributed by atoms with Gasteiger partial charge in [0.1, 0.15) is 0 Å². The van der Waals surface area contributed by atoms with Crippen LogP contribution in [0, 0.1) is 0 Å². The second-order valence-electron chi connectivity index (χ2n) is 6.49. The van der Waals surface area contributed by atoms with E-state index in [1.807, 2.05) is 41.3 Å². The Morgan fingerprint density at radius 2 is 1.92 bits per heavy atom. The molecule has 2 heterocycles. The Bertz CT molecular complexity index is 880. The normalized spacial score (nSPS) is 16.9. The number of carbonyl (C=O) groups is 1. The lowest BCUT2D eigenvalue weighted by atomic mass is 9.84. The molecule has 1 aliphatic heterocycles. The number of likely N-dealkylation sites (tertiary alicyclic amines) is 1. The first-order valence-electron chi connectivity index (χ1n) is 8.55. The lowest BCUT2D eigenvalue weighted by molar-refractivity contribution is -0.0574. The lowest BCUT2D eigenvalue weighted by Crippen LogP contribution is -2.46. The van der Waals surface area contributed by atoms with E-state index in [9.17, 15) is 4.79 Å². The second kappa shape index (κ2) is 6.33. The van der Waals surface area contributed by atoms with Crippen LogP contribution in [0.4, 0.5) is 0 Å². The molecule has 1 N–H and O–H groups in total. The second-order valence-corrected chi connectivity index (χ2v) is 6.49. The maximum absolute atomic E-state index is 12.9. The molecule has 1 amide bonds. The summed E-state index contributed by atoms with van der Waals surface area (Å²) in [4.78, 5) is 22.0. The molecule has 0 aliphatic carbocycles. The Hall–Kier alpha value is -2.66. The highest BCUT2D eigenvalue weighted by atomic mass is 16.5. The van der Waals surface area contributed by atoms with Crippen LogP contribution in [-0.4, -0.2) is 41.0 Å². The molecule has 0 bridgehead atoms. The van der Waals surface area contributed by atoms with Crippen LogP contribution in [-0.2, 0) is 10.3 Å². The Morgan fingerprint density at radius 1 is 1.16 bits per heavy atom. The number of nitrogens with zero attached hydrogens (tertiary/aromatic N) is 2. The number of aromatic amines is 1. The first-order valence-corrected chi connectivity index (χ1v) is 8.55. The summed E-state index contributed by atoms with van der Waals surface area (Å²) in [5, 5.41) is 0. The van der Waals surface area contributed by atoms with Gasteiger partial charge < -0.3 is 14.6 Å². The Balaban J connectivity index is 1.51. The summed E-state index contributed by atoms with van der Waals surface area (Å²) in [5.41, 5.74) is 3.34. The third kappa shape index (κ3) is 2.81. The van der Waals surface area contributed by atoms with Crippen LogP contribution in [0.25, 0.3) is 11.0 Å². The minimum atomic E-state index is -0.300. The van der Waals surface area contributed by atoms with E-state index in [-0.39, 0.29) is 11.5 Å². The van der Waals surface area contributed by atoms with E-state index in [0.717, 1.165) is 23.9 Å². The number of imidazole rings is 1. The van der Waals surface area contributed by atoms with Gasteiger partial charge in [0, 0.05) is 25.8 Å². The van der Waals surface area contributed by atoms with Gasteiger partial charge in [-0.2, -0.15) is 0 Å². The van der Waals surface area contributed by atoms with Crippen molar-refractivity contribution in [2.24, 2.45) is 0 Å². The van der Waals surface area contributed by atoms with Gasteiger partial charge in [-0.15, -0.1) is 0 Å². The van der Waals surface area contributed by atoms with Gasteiger partial charge in [-0.25, -0.2) is 4.98 Å². The van der Waals surface area contributed by atoms with Gasteiger partial charge in [0.2, 0.25) is 0 Å². The van der Waals surface area contributed by atoms with Crippen LogP contribution in [0.2, 0.25) is 0 Å². The molecule has 1 aromatic heterocycles. The first-order chi connectivity index (χ1) is 12.2. The maximum atomic E-state index is 12.9. The highest BCUT2D eigenvalue weighted by Gasteiger charge is 2.37. The van der Waals surface area contributed by atoms with E-state index in [2.05, 4.69) is 22.1 Å². The summed E-state index contributed by atoms with van der Waals surface area (Å²) < 4.78 is 5.89. The van der Waals surface area contributed by atoms with Crippen LogP contribution in [0.5, 0.6) is 0 Å². The molecule has 5 heteroatoms. The third-order valence-electron chi connectivity index (χ3n) is 5.22. The van der Waals surface area contributed by atoms with Crippen LogP contribution >= 0.6 is 0 Å². The fourth-order valence-corrected chi connectivity index (χ4v) is 3.67. The van der Waals surface area contributed by atoms with E-state index in [1.54, 1.807) is 13.4 Å². The topological polar surface area (TPSA) is 58.2 Å². The molecule has 2 aromatic carbocycles. The molecule has 1 aliphatic rings. The van der Waals surface area contributed by atoms with Gasteiger partial charge in [-0.3, -0.25) is 4.79 Å². The summed E-state index contributed by atoms with van der Waals surface area (Å²) in [6.07, 6.45) is 3.24. The van der Waals surface area contributed by atoms with Gasteiger partial charge in [0.05, 0.1) is 23.0 Å². The Morgan fingerprint density at radius 3 is 2.64 bits per heavy atom. The van der Waals surface area contributed by atoms with E-state index in [1.165, 1.54) is 5.56 Å². The number of ether oxygens (including phenoxy) is 1. The van der Waals surface area contributed by atoms with Crippen molar-refractivity contribution < 1.29 is 9.53 Å². The molecule has 1 fully saturated rings. The zero-order chi connectivity index (χ0) is 17.3. The van der Waals surface area contributed by atoms with Crippen LogP contribution < -0.4 is 0 Å². The molecule has 1 saturated heterocycles. The molecule has 0 saturated carbocycles. The highest BCUT2D eigenvalue weighted by Crippen LogP contribution is 2.36. The van der Waals surface area contributed by atoms with Crippen molar-refractivity contribution in [2.45, 2.75) is 18.4 Å². The minimum absolute atomic E-state index is 0.0641. The molecular weight excluding hydrogens is 314 g/mol. The zero-order valence-electron chi connectivity index (χ0n) is 14.2. The summed E-state index contributed by atoms with van der Waals surface area (Å²) in [5.74, 6) is 0.0641. The van der Waals surface area contributed by atoms with Crippen molar-refractivity contribution in [1.82, 2.24) is 14.9 Å². The number of hydrogen-bond acceptors (Lipinski definition) is 3. The smallest absolute Gasteiger partial charge is 0.253 e. The fraction of sp³-hybridized carbons (Fsp3) is 0.300. The van der Waals surface area contributed by atoms with E-state index in [4.69, 9.17) is 4.74 Å². The van der Waals surface area contributed by atoms with Crippen molar-refractivity contribution in [1.29, 1.82) is 0 Å². The number of methoxy groups -OCH3 is 1. The van der Waals surface area contributed by atoms with Crippen molar-refractivity contribution in [2.75, 3.05) is 20.2 Å². The zero-order valence-corrected chi connectivity index (χ0v) is 14.2. The van der Waals surface area contributed by atoms with Gasteiger partial charge >= 0.3 is 0 Å². The number of amides is 1. The van der Waals surface area contributed by atoms with Gasteiger partial charge in [-0.1, -0.05) is 30.3 Å². The van der Waals surface area contributed by atoms with E-state index < -0.39 is 0 Å². The van der Waals surface area contributed by atoms with Crippen LogP contribution in [0.15, 0.2) is 54.9 Å².